The molecule has 0 fully saturated rings. The predicted molar refractivity (Wildman–Crippen MR) is 105 cm³/mol. The van der Waals surface area contributed by atoms with Gasteiger partial charge in [0.15, 0.2) is 5.13 Å². The smallest absolute Gasteiger partial charge is 0.350 e. The van der Waals surface area contributed by atoms with E-state index in [1.807, 2.05) is 30.3 Å². The summed E-state index contributed by atoms with van der Waals surface area (Å²) in [4.78, 5) is 31.5. The van der Waals surface area contributed by atoms with Crippen molar-refractivity contribution in [3.05, 3.63) is 46.5 Å². The first-order valence-corrected chi connectivity index (χ1v) is 9.87. The third kappa shape index (κ3) is 5.39. The molecule has 0 N–H and O–H groups in total. The summed E-state index contributed by atoms with van der Waals surface area (Å²) in [6.07, 6.45) is 3.43. The molecule has 0 saturated carbocycles. The van der Waals surface area contributed by atoms with Crippen LogP contribution in [0.1, 0.15) is 60.5 Å². The first-order chi connectivity index (χ1) is 12.6. The van der Waals surface area contributed by atoms with Gasteiger partial charge < -0.3 is 4.74 Å². The fourth-order valence-electron chi connectivity index (χ4n) is 2.57. The monoisotopic (exact) mass is 374 g/mol. The standard InChI is InChI=1S/C20H26N2O3S/c1-4-6-8-13-17(23)22(14-16-11-9-7-10-12-16)20-21-15(3)18(26-20)19(24)25-5-2/h7,9-12H,4-6,8,13-14H2,1-3H3. The molecule has 0 aliphatic rings. The molecule has 5 nitrogen and oxygen atoms in total. The van der Waals surface area contributed by atoms with E-state index in [4.69, 9.17) is 4.74 Å². The van der Waals surface area contributed by atoms with E-state index < -0.39 is 0 Å². The van der Waals surface area contributed by atoms with Crippen LogP contribution in [0, 0.1) is 6.92 Å². The number of anilines is 1. The maximum Gasteiger partial charge on any atom is 0.350 e. The molecule has 0 spiro atoms. The molecule has 0 aliphatic carbocycles. The number of aryl methyl sites for hydroxylation is 1. The summed E-state index contributed by atoms with van der Waals surface area (Å²) >= 11 is 1.22. The molecule has 1 aromatic heterocycles. The number of carbonyl (C=O) groups is 2. The minimum atomic E-state index is -0.383. The molecule has 0 unspecified atom stereocenters. The third-order valence-corrected chi connectivity index (χ3v) is 5.12. The molecule has 0 aliphatic heterocycles. The van der Waals surface area contributed by atoms with Crippen LogP contribution in [0.25, 0.3) is 0 Å². The Morgan fingerprint density at radius 2 is 1.88 bits per heavy atom. The summed E-state index contributed by atoms with van der Waals surface area (Å²) in [5.41, 5.74) is 1.63. The highest BCUT2D eigenvalue weighted by molar-refractivity contribution is 7.17. The molecule has 6 heteroatoms. The van der Waals surface area contributed by atoms with Gasteiger partial charge >= 0.3 is 5.97 Å². The van der Waals surface area contributed by atoms with Crippen LogP contribution in [-0.4, -0.2) is 23.5 Å². The SMILES string of the molecule is CCCCCC(=O)N(Cc1ccccc1)c1nc(C)c(C(=O)OCC)s1. The highest BCUT2D eigenvalue weighted by Gasteiger charge is 2.23. The van der Waals surface area contributed by atoms with Crippen LogP contribution >= 0.6 is 11.3 Å². The van der Waals surface area contributed by atoms with Gasteiger partial charge in [-0.2, -0.15) is 0 Å². The van der Waals surface area contributed by atoms with Crippen LogP contribution < -0.4 is 4.90 Å². The van der Waals surface area contributed by atoms with Crippen molar-refractivity contribution >= 4 is 28.3 Å². The second-order valence-electron chi connectivity index (χ2n) is 6.05. The van der Waals surface area contributed by atoms with Crippen LogP contribution in [0.5, 0.6) is 0 Å². The van der Waals surface area contributed by atoms with Gasteiger partial charge in [-0.25, -0.2) is 9.78 Å². The van der Waals surface area contributed by atoms with Crippen LogP contribution in [0.2, 0.25) is 0 Å². The Bertz CT molecular complexity index is 728. The zero-order valence-corrected chi connectivity index (χ0v) is 16.5. The van der Waals surface area contributed by atoms with Gasteiger partial charge in [0.2, 0.25) is 5.91 Å². The van der Waals surface area contributed by atoms with Crippen molar-refractivity contribution in [1.29, 1.82) is 0 Å². The van der Waals surface area contributed by atoms with E-state index in [1.165, 1.54) is 11.3 Å². The van der Waals surface area contributed by atoms with Crippen molar-refractivity contribution < 1.29 is 14.3 Å². The van der Waals surface area contributed by atoms with Crippen LogP contribution in [0.15, 0.2) is 30.3 Å². The van der Waals surface area contributed by atoms with E-state index >= 15 is 0 Å². The van der Waals surface area contributed by atoms with Crippen molar-refractivity contribution in [2.75, 3.05) is 11.5 Å². The number of esters is 1. The second-order valence-corrected chi connectivity index (χ2v) is 7.03. The van der Waals surface area contributed by atoms with E-state index in [0.29, 0.717) is 35.3 Å². The lowest BCUT2D eigenvalue weighted by Crippen LogP contribution is -2.30. The van der Waals surface area contributed by atoms with E-state index in [9.17, 15) is 9.59 Å². The molecule has 140 valence electrons. The number of hydrogen-bond acceptors (Lipinski definition) is 5. The number of benzene rings is 1. The molecule has 0 radical (unpaired) electrons. The molecule has 1 aromatic carbocycles. The quantitative estimate of drug-likeness (QED) is 0.470. The highest BCUT2D eigenvalue weighted by Crippen LogP contribution is 2.29. The molecule has 0 bridgehead atoms. The molecular formula is C20H26N2O3S. The number of aromatic nitrogens is 1. The van der Waals surface area contributed by atoms with Gasteiger partial charge in [-0.15, -0.1) is 0 Å². The van der Waals surface area contributed by atoms with Crippen molar-refractivity contribution in [1.82, 2.24) is 4.98 Å². The number of rotatable bonds is 9. The zero-order chi connectivity index (χ0) is 18.9. The van der Waals surface area contributed by atoms with Crippen LogP contribution in [0.3, 0.4) is 0 Å². The summed E-state index contributed by atoms with van der Waals surface area (Å²) in [6.45, 7) is 6.42. The Balaban J connectivity index is 2.26. The lowest BCUT2D eigenvalue weighted by Gasteiger charge is -2.20. The van der Waals surface area contributed by atoms with Crippen molar-refractivity contribution in [2.45, 2.75) is 53.0 Å². The number of unbranched alkanes of at least 4 members (excludes halogenated alkanes) is 2. The van der Waals surface area contributed by atoms with Gasteiger partial charge in [-0.1, -0.05) is 61.4 Å². The Morgan fingerprint density at radius 1 is 1.15 bits per heavy atom. The Morgan fingerprint density at radius 3 is 2.54 bits per heavy atom. The number of ether oxygens (including phenoxy) is 1. The van der Waals surface area contributed by atoms with Gasteiger partial charge in [0.25, 0.3) is 0 Å². The number of hydrogen-bond donors (Lipinski definition) is 0. The maximum absolute atomic E-state index is 12.8. The minimum Gasteiger partial charge on any atom is -0.462 e. The average molecular weight is 375 g/mol. The summed E-state index contributed by atoms with van der Waals surface area (Å²) in [5, 5.41) is 0.552. The molecule has 26 heavy (non-hydrogen) atoms. The van der Waals surface area contributed by atoms with Crippen molar-refractivity contribution in [3.8, 4) is 0 Å². The van der Waals surface area contributed by atoms with Crippen molar-refractivity contribution in [2.24, 2.45) is 0 Å². The third-order valence-electron chi connectivity index (χ3n) is 3.96. The fourth-order valence-corrected chi connectivity index (χ4v) is 3.55. The van der Waals surface area contributed by atoms with Gasteiger partial charge in [0.05, 0.1) is 18.8 Å². The van der Waals surface area contributed by atoms with Crippen LogP contribution in [-0.2, 0) is 16.1 Å². The van der Waals surface area contributed by atoms with Gasteiger partial charge in [0.1, 0.15) is 4.88 Å². The predicted octanol–water partition coefficient (Wildman–Crippen LogP) is 4.74. The van der Waals surface area contributed by atoms with Gasteiger partial charge in [-0.3, -0.25) is 9.69 Å². The summed E-state index contributed by atoms with van der Waals surface area (Å²) in [7, 11) is 0. The number of amides is 1. The van der Waals surface area contributed by atoms with Gasteiger partial charge in [-0.05, 0) is 25.8 Å². The Labute approximate surface area is 159 Å². The molecule has 2 rings (SSSR count). The Hall–Kier alpha value is -2.21. The summed E-state index contributed by atoms with van der Waals surface area (Å²) in [6, 6.07) is 9.82. The lowest BCUT2D eigenvalue weighted by molar-refractivity contribution is -0.118. The number of nitrogens with zero attached hydrogens (tertiary/aromatic N) is 2. The molecule has 1 heterocycles. The first-order valence-electron chi connectivity index (χ1n) is 9.05. The van der Waals surface area contributed by atoms with Crippen molar-refractivity contribution in [3.63, 3.8) is 0 Å². The van der Waals surface area contributed by atoms with Gasteiger partial charge in [0, 0.05) is 6.42 Å². The zero-order valence-electron chi connectivity index (χ0n) is 15.7. The highest BCUT2D eigenvalue weighted by atomic mass is 32.1. The first kappa shape index (κ1) is 20.1. The van der Waals surface area contributed by atoms with E-state index in [-0.39, 0.29) is 11.9 Å². The normalized spacial score (nSPS) is 10.6. The molecular weight excluding hydrogens is 348 g/mol. The van der Waals surface area contributed by atoms with E-state index in [1.54, 1.807) is 18.7 Å². The number of carbonyl (C=O) groups excluding carboxylic acids is 2. The maximum atomic E-state index is 12.8. The Kier molecular flexibility index (Phi) is 7.78. The van der Waals surface area contributed by atoms with Crippen LogP contribution in [0.4, 0.5) is 5.13 Å². The topological polar surface area (TPSA) is 59.5 Å². The largest absolute Gasteiger partial charge is 0.462 e. The molecule has 0 atom stereocenters. The molecule has 0 saturated heterocycles. The summed E-state index contributed by atoms with van der Waals surface area (Å²) in [5.74, 6) is -0.349. The minimum absolute atomic E-state index is 0.0338. The molecule has 2 aromatic rings. The van der Waals surface area contributed by atoms with E-state index in [2.05, 4.69) is 11.9 Å². The average Bonchev–Trinajstić information content (AvgIpc) is 3.02. The summed E-state index contributed by atoms with van der Waals surface area (Å²) < 4.78 is 5.09. The fraction of sp³-hybridized carbons (Fsp3) is 0.450. The molecule has 1 amide bonds. The van der Waals surface area contributed by atoms with E-state index in [0.717, 1.165) is 24.8 Å². The number of thiazole rings is 1. The second kappa shape index (κ2) is 10.1. The lowest BCUT2D eigenvalue weighted by atomic mass is 10.1.